The molecule has 9 heteroatoms. The van der Waals surface area contributed by atoms with Crippen LogP contribution >= 0.6 is 0 Å². The number of hydrogen-bond donors (Lipinski definition) is 0. The fourth-order valence-electron chi connectivity index (χ4n) is 5.03. The Hall–Kier alpha value is -4.53. The summed E-state index contributed by atoms with van der Waals surface area (Å²) < 4.78 is 33.5. The molecule has 0 amide bonds. The Balaban J connectivity index is 1.47. The van der Waals surface area contributed by atoms with Gasteiger partial charge in [-0.2, -0.15) is 0 Å². The molecule has 2 aliphatic heterocycles. The van der Waals surface area contributed by atoms with E-state index in [1.54, 1.807) is 36.4 Å². The molecule has 0 bridgehead atoms. The number of carbonyl (C=O) groups excluding carboxylic acids is 3. The standard InChI is InChI=1S/C32H32O9/c1-3-5-9-17-36-30(34)38-21-13-15-25-27(19-21)40-28-20-22(39-31(35)37-18-10-6-4-2)14-16-26(28)32(25)24-12-8-7-11-23(24)29(33)41-32/h7-8,11-16,19-20H,3-6,9-10,17-18H2,1-2H3. The van der Waals surface area contributed by atoms with Gasteiger partial charge in [-0.25, -0.2) is 14.4 Å². The molecule has 214 valence electrons. The third kappa shape index (κ3) is 5.70. The van der Waals surface area contributed by atoms with Crippen LogP contribution in [-0.2, 0) is 19.8 Å². The van der Waals surface area contributed by atoms with Gasteiger partial charge in [-0.3, -0.25) is 0 Å². The number of hydrogen-bond acceptors (Lipinski definition) is 9. The summed E-state index contributed by atoms with van der Waals surface area (Å²) in [6.45, 7) is 4.65. The molecule has 9 nitrogen and oxygen atoms in total. The number of fused-ring (bicyclic) bond motifs is 6. The van der Waals surface area contributed by atoms with Crippen LogP contribution in [0, 0.1) is 0 Å². The van der Waals surface area contributed by atoms with Crippen LogP contribution in [0.1, 0.15) is 79.4 Å². The van der Waals surface area contributed by atoms with E-state index in [9.17, 15) is 14.4 Å². The number of ether oxygens (including phenoxy) is 6. The third-order valence-corrected chi connectivity index (χ3v) is 6.99. The molecule has 3 aromatic carbocycles. The highest BCUT2D eigenvalue weighted by molar-refractivity contribution is 5.97. The largest absolute Gasteiger partial charge is 0.513 e. The summed E-state index contributed by atoms with van der Waals surface area (Å²) in [6, 6.07) is 16.8. The van der Waals surface area contributed by atoms with Gasteiger partial charge in [0.05, 0.1) is 18.8 Å². The molecular formula is C32H32O9. The lowest BCUT2D eigenvalue weighted by Gasteiger charge is -2.36. The molecule has 0 saturated carbocycles. The van der Waals surface area contributed by atoms with E-state index in [0.717, 1.165) is 38.5 Å². The maximum Gasteiger partial charge on any atom is 0.513 e. The lowest BCUT2D eigenvalue weighted by molar-refractivity contribution is 0.0224. The van der Waals surface area contributed by atoms with Gasteiger partial charge in [0, 0.05) is 28.8 Å². The molecule has 0 saturated heterocycles. The number of esters is 1. The first-order valence-electron chi connectivity index (χ1n) is 13.9. The van der Waals surface area contributed by atoms with Gasteiger partial charge in [0.1, 0.15) is 23.0 Å². The molecule has 0 aliphatic carbocycles. The van der Waals surface area contributed by atoms with Crippen molar-refractivity contribution in [2.45, 2.75) is 58.0 Å². The lowest BCUT2D eigenvalue weighted by Crippen LogP contribution is -2.33. The Morgan fingerprint density at radius 1 is 0.707 bits per heavy atom. The first-order chi connectivity index (χ1) is 20.0. The molecule has 0 fully saturated rings. The van der Waals surface area contributed by atoms with Crippen molar-refractivity contribution in [1.82, 2.24) is 0 Å². The minimum absolute atomic E-state index is 0.198. The van der Waals surface area contributed by atoms with Crippen molar-refractivity contribution < 1.29 is 42.8 Å². The van der Waals surface area contributed by atoms with Gasteiger partial charge in [-0.05, 0) is 43.2 Å². The van der Waals surface area contributed by atoms with Crippen molar-refractivity contribution in [3.05, 3.63) is 82.9 Å². The summed E-state index contributed by atoms with van der Waals surface area (Å²) in [5.41, 5.74) is 0.851. The van der Waals surface area contributed by atoms with Crippen LogP contribution in [0.5, 0.6) is 23.0 Å². The van der Waals surface area contributed by atoms with E-state index in [0.29, 0.717) is 33.8 Å². The molecule has 3 aromatic rings. The van der Waals surface area contributed by atoms with Gasteiger partial charge in [0.2, 0.25) is 0 Å². The number of carbonyl (C=O) groups is 3. The summed E-state index contributed by atoms with van der Waals surface area (Å²) in [7, 11) is 0. The highest BCUT2D eigenvalue weighted by atomic mass is 16.7. The summed E-state index contributed by atoms with van der Waals surface area (Å²) in [6.07, 6.45) is 3.76. The van der Waals surface area contributed by atoms with Crippen LogP contribution in [0.2, 0.25) is 0 Å². The van der Waals surface area contributed by atoms with E-state index in [4.69, 9.17) is 28.4 Å². The Morgan fingerprint density at radius 3 is 1.78 bits per heavy atom. The summed E-state index contributed by atoms with van der Waals surface area (Å²) in [4.78, 5) is 37.5. The number of rotatable bonds is 10. The van der Waals surface area contributed by atoms with Crippen molar-refractivity contribution in [2.24, 2.45) is 0 Å². The zero-order chi connectivity index (χ0) is 28.8. The van der Waals surface area contributed by atoms with Gasteiger partial charge in [0.25, 0.3) is 0 Å². The molecule has 0 radical (unpaired) electrons. The van der Waals surface area contributed by atoms with Crippen LogP contribution in [0.3, 0.4) is 0 Å². The monoisotopic (exact) mass is 560 g/mol. The van der Waals surface area contributed by atoms with Crippen molar-refractivity contribution in [3.8, 4) is 23.0 Å². The second-order valence-corrected chi connectivity index (χ2v) is 9.85. The second-order valence-electron chi connectivity index (χ2n) is 9.85. The Morgan fingerprint density at radius 2 is 1.24 bits per heavy atom. The molecule has 0 aromatic heterocycles. The molecule has 2 heterocycles. The average Bonchev–Trinajstić information content (AvgIpc) is 3.26. The van der Waals surface area contributed by atoms with E-state index < -0.39 is 23.9 Å². The summed E-state index contributed by atoms with van der Waals surface area (Å²) in [5.74, 6) is 0.522. The average molecular weight is 561 g/mol. The van der Waals surface area contributed by atoms with Gasteiger partial charge < -0.3 is 28.4 Å². The van der Waals surface area contributed by atoms with Gasteiger partial charge in [-0.15, -0.1) is 0 Å². The second kappa shape index (κ2) is 12.3. The first kappa shape index (κ1) is 28.0. The minimum atomic E-state index is -1.32. The highest BCUT2D eigenvalue weighted by Gasteiger charge is 2.53. The van der Waals surface area contributed by atoms with Crippen LogP contribution < -0.4 is 14.2 Å². The minimum Gasteiger partial charge on any atom is -0.456 e. The highest BCUT2D eigenvalue weighted by Crippen LogP contribution is 2.57. The van der Waals surface area contributed by atoms with Crippen LogP contribution in [0.25, 0.3) is 0 Å². The topological polar surface area (TPSA) is 107 Å². The SMILES string of the molecule is CCCCCOC(=O)Oc1ccc2c(c1)Oc1cc(OC(=O)OCCCCC)ccc1C21OC(=O)c2ccccc21. The zero-order valence-electron chi connectivity index (χ0n) is 23.1. The summed E-state index contributed by atoms with van der Waals surface area (Å²) >= 11 is 0. The first-order valence-corrected chi connectivity index (χ1v) is 13.9. The van der Waals surface area contributed by atoms with Crippen LogP contribution in [-0.4, -0.2) is 31.5 Å². The van der Waals surface area contributed by atoms with Crippen LogP contribution in [0.4, 0.5) is 9.59 Å². The maximum absolute atomic E-state index is 13.0. The molecule has 0 N–H and O–H groups in total. The van der Waals surface area contributed by atoms with Crippen molar-refractivity contribution in [1.29, 1.82) is 0 Å². The Labute approximate surface area is 238 Å². The molecule has 1 spiro atoms. The van der Waals surface area contributed by atoms with Gasteiger partial charge in [-0.1, -0.05) is 57.7 Å². The molecule has 41 heavy (non-hydrogen) atoms. The summed E-state index contributed by atoms with van der Waals surface area (Å²) in [5, 5.41) is 0. The molecule has 0 unspecified atom stereocenters. The lowest BCUT2D eigenvalue weighted by atomic mass is 9.77. The van der Waals surface area contributed by atoms with Crippen molar-refractivity contribution >= 4 is 18.3 Å². The van der Waals surface area contributed by atoms with E-state index >= 15 is 0 Å². The third-order valence-electron chi connectivity index (χ3n) is 6.99. The fraction of sp³-hybridized carbons (Fsp3) is 0.344. The Bertz CT molecular complexity index is 1370. The number of benzene rings is 3. The predicted molar refractivity (Wildman–Crippen MR) is 148 cm³/mol. The van der Waals surface area contributed by atoms with Gasteiger partial charge >= 0.3 is 18.3 Å². The maximum atomic E-state index is 13.0. The molecular weight excluding hydrogens is 528 g/mol. The van der Waals surface area contributed by atoms with E-state index in [2.05, 4.69) is 13.8 Å². The van der Waals surface area contributed by atoms with E-state index in [1.165, 1.54) is 12.1 Å². The quantitative estimate of drug-likeness (QED) is 0.107. The smallest absolute Gasteiger partial charge is 0.456 e. The zero-order valence-corrected chi connectivity index (χ0v) is 23.1. The molecule has 2 aliphatic rings. The molecule has 5 rings (SSSR count). The molecule has 0 atom stereocenters. The predicted octanol–water partition coefficient (Wildman–Crippen LogP) is 7.67. The number of unbranched alkanes of at least 4 members (excludes halogenated alkanes) is 4. The van der Waals surface area contributed by atoms with Crippen molar-refractivity contribution in [2.75, 3.05) is 13.2 Å². The van der Waals surface area contributed by atoms with E-state index in [1.807, 2.05) is 12.1 Å². The Kier molecular flexibility index (Phi) is 8.42. The fourth-order valence-corrected chi connectivity index (χ4v) is 5.03. The normalized spacial score (nSPS) is 13.8. The van der Waals surface area contributed by atoms with Crippen LogP contribution in [0.15, 0.2) is 60.7 Å². The van der Waals surface area contributed by atoms with E-state index in [-0.39, 0.29) is 24.7 Å². The van der Waals surface area contributed by atoms with Crippen molar-refractivity contribution in [3.63, 3.8) is 0 Å². The van der Waals surface area contributed by atoms with Gasteiger partial charge in [0.15, 0.2) is 5.60 Å².